The quantitative estimate of drug-likeness (QED) is 0.353. The maximum atomic E-state index is 13.0. The maximum Gasteiger partial charge on any atom is 0.293 e. The summed E-state index contributed by atoms with van der Waals surface area (Å²) < 4.78 is 13.0. The van der Waals surface area contributed by atoms with Gasteiger partial charge in [0.1, 0.15) is 6.67 Å². The number of halogens is 1. The Bertz CT molecular complexity index is 1270. The van der Waals surface area contributed by atoms with E-state index in [1.165, 1.54) is 44.2 Å². The zero-order valence-corrected chi connectivity index (χ0v) is 22.0. The standard InChI is InChI=1S/C31H37FN4O2/c1-23(20-32)33-21-28(19-29-30(37)31(38)35-22-34-29)27-13-11-25(12-14-27)6-5-24-7-9-26(10-8-24)15-18-36-16-3-2-4-17-36/h7-14,22-23,28,33,37H,2-4,15-21H2,1H3,(H,34,35,38)/t23-,28?/m0/s1. The molecule has 38 heavy (non-hydrogen) atoms. The van der Waals surface area contributed by atoms with E-state index < -0.39 is 12.2 Å². The summed E-state index contributed by atoms with van der Waals surface area (Å²) in [6.45, 7) is 5.35. The number of hydrogen-bond donors (Lipinski definition) is 3. The first-order chi connectivity index (χ1) is 18.5. The second-order valence-corrected chi connectivity index (χ2v) is 10.1. The van der Waals surface area contributed by atoms with E-state index in [9.17, 15) is 14.3 Å². The van der Waals surface area contributed by atoms with Gasteiger partial charge in [-0.1, -0.05) is 42.5 Å². The van der Waals surface area contributed by atoms with Crippen LogP contribution in [0.15, 0.2) is 59.7 Å². The molecule has 0 radical (unpaired) electrons. The van der Waals surface area contributed by atoms with Gasteiger partial charge in [-0.25, -0.2) is 9.37 Å². The summed E-state index contributed by atoms with van der Waals surface area (Å²) in [7, 11) is 0. The van der Waals surface area contributed by atoms with Crippen LogP contribution in [0.2, 0.25) is 0 Å². The Morgan fingerprint density at radius 2 is 1.71 bits per heavy atom. The Morgan fingerprint density at radius 1 is 1.05 bits per heavy atom. The molecule has 2 aromatic carbocycles. The minimum Gasteiger partial charge on any atom is -0.502 e. The molecule has 3 N–H and O–H groups in total. The molecule has 0 bridgehead atoms. The number of benzene rings is 2. The number of aromatic nitrogens is 2. The van der Waals surface area contributed by atoms with Crippen molar-refractivity contribution in [2.45, 2.75) is 51.0 Å². The van der Waals surface area contributed by atoms with E-state index in [2.05, 4.69) is 56.3 Å². The van der Waals surface area contributed by atoms with Crippen molar-refractivity contribution in [3.8, 4) is 17.6 Å². The van der Waals surface area contributed by atoms with E-state index in [1.54, 1.807) is 6.92 Å². The highest BCUT2D eigenvalue weighted by atomic mass is 19.1. The molecule has 0 spiro atoms. The van der Waals surface area contributed by atoms with Gasteiger partial charge in [0.25, 0.3) is 5.56 Å². The molecule has 1 unspecified atom stereocenters. The molecule has 1 saturated heterocycles. The van der Waals surface area contributed by atoms with Crippen molar-refractivity contribution < 1.29 is 9.50 Å². The first-order valence-electron chi connectivity index (χ1n) is 13.5. The fourth-order valence-electron chi connectivity index (χ4n) is 4.73. The van der Waals surface area contributed by atoms with Crippen molar-refractivity contribution in [3.63, 3.8) is 0 Å². The number of rotatable bonds is 10. The third kappa shape index (κ3) is 8.01. The van der Waals surface area contributed by atoms with Crippen LogP contribution < -0.4 is 10.9 Å². The van der Waals surface area contributed by atoms with Gasteiger partial charge in [0, 0.05) is 42.6 Å². The minimum absolute atomic E-state index is 0.108. The molecule has 1 aromatic heterocycles. The summed E-state index contributed by atoms with van der Waals surface area (Å²) in [5.41, 5.74) is 3.95. The maximum absolute atomic E-state index is 13.0. The van der Waals surface area contributed by atoms with Gasteiger partial charge in [-0.05, 0) is 74.7 Å². The van der Waals surface area contributed by atoms with Crippen molar-refractivity contribution in [2.75, 3.05) is 32.9 Å². The Kier molecular flexibility index (Phi) is 10.1. The lowest BCUT2D eigenvalue weighted by molar-refractivity contribution is 0.231. The van der Waals surface area contributed by atoms with E-state index in [4.69, 9.17) is 0 Å². The zero-order chi connectivity index (χ0) is 26.7. The van der Waals surface area contributed by atoms with Crippen molar-refractivity contribution >= 4 is 0 Å². The predicted molar refractivity (Wildman–Crippen MR) is 149 cm³/mol. The van der Waals surface area contributed by atoms with Crippen LogP contribution in [-0.4, -0.2) is 58.9 Å². The molecular formula is C31H37FN4O2. The molecule has 7 heteroatoms. The molecule has 3 aromatic rings. The van der Waals surface area contributed by atoms with E-state index in [0.29, 0.717) is 18.7 Å². The molecule has 0 aliphatic carbocycles. The van der Waals surface area contributed by atoms with Gasteiger partial charge in [0.05, 0.1) is 12.0 Å². The highest BCUT2D eigenvalue weighted by molar-refractivity contribution is 5.44. The van der Waals surface area contributed by atoms with Crippen LogP contribution in [0.1, 0.15) is 60.1 Å². The zero-order valence-electron chi connectivity index (χ0n) is 22.0. The van der Waals surface area contributed by atoms with Gasteiger partial charge in [-0.3, -0.25) is 4.79 Å². The van der Waals surface area contributed by atoms with Gasteiger partial charge in [-0.15, -0.1) is 0 Å². The normalized spacial score (nSPS) is 15.4. The fraction of sp³-hybridized carbons (Fsp3) is 0.419. The molecular weight excluding hydrogens is 479 g/mol. The molecule has 0 amide bonds. The van der Waals surface area contributed by atoms with E-state index in [0.717, 1.165) is 29.7 Å². The van der Waals surface area contributed by atoms with Crippen molar-refractivity contribution in [3.05, 3.63) is 93.2 Å². The summed E-state index contributed by atoms with van der Waals surface area (Å²) in [5, 5.41) is 13.3. The summed E-state index contributed by atoms with van der Waals surface area (Å²) in [5.74, 6) is 6.00. The summed E-state index contributed by atoms with van der Waals surface area (Å²) in [4.78, 5) is 20.9. The number of likely N-dealkylation sites (tertiary alicyclic amines) is 1. The van der Waals surface area contributed by atoms with Crippen LogP contribution in [0.25, 0.3) is 0 Å². The molecule has 2 atom stereocenters. The highest BCUT2D eigenvalue weighted by Gasteiger charge is 2.18. The average Bonchev–Trinajstić information content (AvgIpc) is 2.96. The number of aromatic amines is 1. The van der Waals surface area contributed by atoms with Gasteiger partial charge in [-0.2, -0.15) is 0 Å². The number of hydrogen-bond acceptors (Lipinski definition) is 5. The lowest BCUT2D eigenvalue weighted by Crippen LogP contribution is -2.32. The van der Waals surface area contributed by atoms with Crippen molar-refractivity contribution in [2.24, 2.45) is 0 Å². The average molecular weight is 517 g/mol. The minimum atomic E-state index is -0.570. The number of piperidine rings is 1. The van der Waals surface area contributed by atoms with Gasteiger partial charge >= 0.3 is 0 Å². The van der Waals surface area contributed by atoms with Crippen LogP contribution in [0.5, 0.6) is 5.75 Å². The van der Waals surface area contributed by atoms with E-state index in [-0.39, 0.29) is 17.7 Å². The van der Waals surface area contributed by atoms with Gasteiger partial charge in [0.2, 0.25) is 5.75 Å². The first-order valence-corrected chi connectivity index (χ1v) is 13.5. The van der Waals surface area contributed by atoms with E-state index in [1.807, 2.05) is 24.3 Å². The largest absolute Gasteiger partial charge is 0.502 e. The second kappa shape index (κ2) is 13.9. The molecule has 200 valence electrons. The third-order valence-electron chi connectivity index (χ3n) is 7.14. The Morgan fingerprint density at radius 3 is 2.37 bits per heavy atom. The number of nitrogens with one attached hydrogen (secondary N) is 2. The molecule has 6 nitrogen and oxygen atoms in total. The number of H-pyrrole nitrogens is 1. The molecule has 4 rings (SSSR count). The Balaban J connectivity index is 1.40. The Labute approximate surface area is 224 Å². The summed E-state index contributed by atoms with van der Waals surface area (Å²) in [6, 6.07) is 16.1. The topological polar surface area (TPSA) is 81.2 Å². The molecule has 0 saturated carbocycles. The smallest absolute Gasteiger partial charge is 0.293 e. The van der Waals surface area contributed by atoms with Crippen LogP contribution in [0.4, 0.5) is 4.39 Å². The monoisotopic (exact) mass is 516 g/mol. The number of aromatic hydroxyl groups is 1. The lowest BCUT2D eigenvalue weighted by atomic mass is 9.92. The van der Waals surface area contributed by atoms with E-state index >= 15 is 0 Å². The predicted octanol–water partition coefficient (Wildman–Crippen LogP) is 4.18. The lowest BCUT2D eigenvalue weighted by Gasteiger charge is -2.26. The molecule has 2 heterocycles. The van der Waals surface area contributed by atoms with Gasteiger partial charge in [0.15, 0.2) is 0 Å². The van der Waals surface area contributed by atoms with Gasteiger partial charge < -0.3 is 20.3 Å². The van der Waals surface area contributed by atoms with Crippen LogP contribution in [0.3, 0.4) is 0 Å². The molecule has 1 aliphatic rings. The molecule has 1 fully saturated rings. The van der Waals surface area contributed by atoms with Crippen LogP contribution in [-0.2, 0) is 12.8 Å². The molecule has 1 aliphatic heterocycles. The van der Waals surface area contributed by atoms with Crippen molar-refractivity contribution in [1.29, 1.82) is 0 Å². The highest BCUT2D eigenvalue weighted by Crippen LogP contribution is 2.23. The second-order valence-electron chi connectivity index (χ2n) is 10.1. The number of alkyl halides is 1. The Hall–Kier alpha value is -3.47. The third-order valence-corrected chi connectivity index (χ3v) is 7.14. The first kappa shape index (κ1) is 27.6. The fourth-order valence-corrected chi connectivity index (χ4v) is 4.73. The summed E-state index contributed by atoms with van der Waals surface area (Å²) in [6.07, 6.45) is 6.70. The SMILES string of the molecule is C[C@@H](CF)NCC(Cc1nc[nH]c(=O)c1O)c1ccc(C#Cc2ccc(CCN3CCCCC3)cc2)cc1. The van der Waals surface area contributed by atoms with Crippen molar-refractivity contribution in [1.82, 2.24) is 20.2 Å². The van der Waals surface area contributed by atoms with Crippen LogP contribution >= 0.6 is 0 Å². The summed E-state index contributed by atoms with van der Waals surface area (Å²) >= 11 is 0. The van der Waals surface area contributed by atoms with Crippen LogP contribution in [0, 0.1) is 11.8 Å². The number of nitrogens with zero attached hydrogens (tertiary/aromatic N) is 2.